The van der Waals surface area contributed by atoms with Crippen LogP contribution in [0.25, 0.3) is 42.9 Å². The van der Waals surface area contributed by atoms with Gasteiger partial charge in [0.2, 0.25) is 0 Å². The molecule has 1 nitrogen and oxygen atoms in total. The number of aryl methyl sites for hydroxylation is 1. The Labute approximate surface area is 189 Å². The molecule has 31 heavy (non-hydrogen) atoms. The molecule has 0 radical (unpaired) electrons. The van der Waals surface area contributed by atoms with E-state index in [1.807, 2.05) is 37.4 Å². The van der Waals surface area contributed by atoms with Crippen molar-refractivity contribution in [3.8, 4) is 32.8 Å². The summed E-state index contributed by atoms with van der Waals surface area (Å²) < 4.78 is 9.70. The quantitative estimate of drug-likeness (QED) is 0.283. The van der Waals surface area contributed by atoms with Crippen LogP contribution in [-0.4, -0.2) is 4.98 Å². The monoisotopic (exact) mass is 420 g/mol. The summed E-state index contributed by atoms with van der Waals surface area (Å²) in [5, 5.41) is 1.31. The number of benzene rings is 3. The van der Waals surface area contributed by atoms with E-state index in [0.29, 0.717) is 0 Å². The molecule has 152 valence electrons. The van der Waals surface area contributed by atoms with Gasteiger partial charge in [0, 0.05) is 28.1 Å². The predicted molar refractivity (Wildman–Crippen MR) is 135 cm³/mol. The zero-order valence-electron chi connectivity index (χ0n) is 19.0. The van der Waals surface area contributed by atoms with E-state index in [1.54, 1.807) is 0 Å². The summed E-state index contributed by atoms with van der Waals surface area (Å²) in [6, 6.07) is 29.7. The molecule has 0 spiro atoms. The summed E-state index contributed by atoms with van der Waals surface area (Å²) in [5.41, 5.74) is 7.97. The van der Waals surface area contributed by atoms with Gasteiger partial charge in [-0.1, -0.05) is 74.5 Å². The fraction of sp³-hybridized carbons (Fsp3) is 0.138. The lowest BCUT2D eigenvalue weighted by atomic mass is 9.94. The summed E-state index contributed by atoms with van der Waals surface area (Å²) in [6.45, 7) is 6.06. The standard InChI is InChI=1S/C29H25NS/c1-19(2)23-14-15-30-26(17-23)24-16-25(21-10-6-4-7-11-21)28-20(3)29(31-27(28)18-24)22-12-8-5-9-13-22/h4-19H,1-3H3/i19D. The second-order valence-electron chi connectivity index (χ2n) is 8.11. The molecule has 2 heteroatoms. The Bertz CT molecular complexity index is 1400. The van der Waals surface area contributed by atoms with E-state index in [-0.39, 0.29) is 0 Å². The molecular weight excluding hydrogens is 394 g/mol. The highest BCUT2D eigenvalue weighted by Crippen LogP contribution is 2.44. The van der Waals surface area contributed by atoms with E-state index in [9.17, 15) is 0 Å². The molecular formula is C29H25NS. The third kappa shape index (κ3) is 3.68. The van der Waals surface area contributed by atoms with E-state index in [0.717, 1.165) is 16.8 Å². The second-order valence-corrected chi connectivity index (χ2v) is 9.17. The van der Waals surface area contributed by atoms with Gasteiger partial charge in [-0.05, 0) is 64.9 Å². The number of thiophene rings is 1. The van der Waals surface area contributed by atoms with Gasteiger partial charge in [-0.25, -0.2) is 0 Å². The molecule has 0 saturated carbocycles. The van der Waals surface area contributed by atoms with Gasteiger partial charge < -0.3 is 0 Å². The zero-order valence-corrected chi connectivity index (χ0v) is 18.8. The van der Waals surface area contributed by atoms with Crippen LogP contribution in [0.5, 0.6) is 0 Å². The highest BCUT2D eigenvalue weighted by atomic mass is 32.1. The van der Waals surface area contributed by atoms with Gasteiger partial charge in [-0.15, -0.1) is 11.3 Å². The van der Waals surface area contributed by atoms with Crippen molar-refractivity contribution in [1.82, 2.24) is 4.98 Å². The summed E-state index contributed by atoms with van der Waals surface area (Å²) in [6.07, 6.45) is 1.82. The average Bonchev–Trinajstić information content (AvgIpc) is 3.15. The molecule has 5 rings (SSSR count). The van der Waals surface area contributed by atoms with Gasteiger partial charge in [0.15, 0.2) is 0 Å². The van der Waals surface area contributed by atoms with E-state index in [1.165, 1.54) is 37.2 Å². The van der Waals surface area contributed by atoms with Crippen LogP contribution in [0, 0.1) is 6.92 Å². The third-order valence-electron chi connectivity index (χ3n) is 5.78. The first-order chi connectivity index (χ1) is 15.4. The van der Waals surface area contributed by atoms with Crippen molar-refractivity contribution in [3.63, 3.8) is 0 Å². The van der Waals surface area contributed by atoms with Crippen molar-refractivity contribution in [3.05, 3.63) is 102 Å². The van der Waals surface area contributed by atoms with Crippen LogP contribution in [0.2, 0.25) is 0 Å². The first-order valence-electron chi connectivity index (χ1n) is 11.1. The molecule has 0 fully saturated rings. The summed E-state index contributed by atoms with van der Waals surface area (Å²) >= 11 is 1.84. The number of hydrogen-bond donors (Lipinski definition) is 0. The maximum atomic E-state index is 8.44. The highest BCUT2D eigenvalue weighted by Gasteiger charge is 2.17. The third-order valence-corrected chi connectivity index (χ3v) is 7.07. The minimum absolute atomic E-state index is 0.663. The lowest BCUT2D eigenvalue weighted by molar-refractivity contribution is 0.864. The van der Waals surface area contributed by atoms with Crippen LogP contribution in [-0.2, 0) is 0 Å². The van der Waals surface area contributed by atoms with Crippen molar-refractivity contribution in [2.24, 2.45) is 0 Å². The first-order valence-corrected chi connectivity index (χ1v) is 11.4. The normalized spacial score (nSPS) is 12.2. The number of aromatic nitrogens is 1. The summed E-state index contributed by atoms with van der Waals surface area (Å²) in [7, 11) is 0. The summed E-state index contributed by atoms with van der Waals surface area (Å²) in [5.74, 6) is -0.663. The Balaban J connectivity index is 1.78. The zero-order chi connectivity index (χ0) is 22.3. The molecule has 0 aliphatic carbocycles. The Morgan fingerprint density at radius 1 is 0.806 bits per heavy atom. The van der Waals surface area contributed by atoms with Crippen LogP contribution in [0.4, 0.5) is 0 Å². The topological polar surface area (TPSA) is 12.9 Å². The van der Waals surface area contributed by atoms with Crippen molar-refractivity contribution in [1.29, 1.82) is 0 Å². The Kier molecular flexibility index (Phi) is 4.86. The Morgan fingerprint density at radius 2 is 1.48 bits per heavy atom. The van der Waals surface area contributed by atoms with Gasteiger partial charge in [0.1, 0.15) is 0 Å². The van der Waals surface area contributed by atoms with Gasteiger partial charge in [-0.2, -0.15) is 0 Å². The smallest absolute Gasteiger partial charge is 0.0705 e. The molecule has 5 aromatic rings. The fourth-order valence-electron chi connectivity index (χ4n) is 4.14. The molecule has 2 heterocycles. The van der Waals surface area contributed by atoms with E-state index in [2.05, 4.69) is 90.8 Å². The van der Waals surface area contributed by atoms with Gasteiger partial charge >= 0.3 is 0 Å². The van der Waals surface area contributed by atoms with Gasteiger partial charge in [0.25, 0.3) is 0 Å². The Morgan fingerprint density at radius 3 is 2.16 bits per heavy atom. The molecule has 2 aromatic heterocycles. The van der Waals surface area contributed by atoms with Crippen molar-refractivity contribution in [2.45, 2.75) is 26.7 Å². The van der Waals surface area contributed by atoms with Crippen molar-refractivity contribution >= 4 is 21.4 Å². The fourth-order valence-corrected chi connectivity index (χ4v) is 5.42. The molecule has 0 N–H and O–H groups in total. The van der Waals surface area contributed by atoms with Crippen LogP contribution in [0.3, 0.4) is 0 Å². The van der Waals surface area contributed by atoms with Crippen molar-refractivity contribution in [2.75, 3.05) is 0 Å². The molecule has 0 unspecified atom stereocenters. The van der Waals surface area contributed by atoms with E-state index < -0.39 is 5.89 Å². The van der Waals surface area contributed by atoms with Crippen molar-refractivity contribution < 1.29 is 1.37 Å². The molecule has 0 saturated heterocycles. The first kappa shape index (κ1) is 18.5. The predicted octanol–water partition coefficient (Wildman–Crippen LogP) is 8.73. The molecule has 0 atom stereocenters. The lowest BCUT2D eigenvalue weighted by Crippen LogP contribution is -1.91. The number of pyridine rings is 1. The minimum Gasteiger partial charge on any atom is -0.256 e. The average molecular weight is 421 g/mol. The number of fused-ring (bicyclic) bond motifs is 1. The van der Waals surface area contributed by atoms with E-state index >= 15 is 0 Å². The highest BCUT2D eigenvalue weighted by molar-refractivity contribution is 7.22. The summed E-state index contributed by atoms with van der Waals surface area (Å²) in [4.78, 5) is 5.98. The maximum Gasteiger partial charge on any atom is 0.0705 e. The lowest BCUT2D eigenvalue weighted by Gasteiger charge is -2.11. The molecule has 0 aliphatic rings. The van der Waals surface area contributed by atoms with Gasteiger partial charge in [0.05, 0.1) is 5.69 Å². The Hall–Kier alpha value is -3.23. The van der Waals surface area contributed by atoms with Crippen LogP contribution in [0.15, 0.2) is 91.1 Å². The number of hydrogen-bond acceptors (Lipinski definition) is 2. The number of nitrogens with zero attached hydrogens (tertiary/aromatic N) is 1. The second kappa shape index (κ2) is 8.13. The minimum atomic E-state index is -0.663. The van der Waals surface area contributed by atoms with Gasteiger partial charge in [-0.3, -0.25) is 4.98 Å². The maximum absolute atomic E-state index is 8.44. The molecule has 0 aliphatic heterocycles. The van der Waals surface area contributed by atoms with Crippen LogP contribution >= 0.6 is 11.3 Å². The SMILES string of the molecule is [2H]C(C)(C)c1ccnc(-c2cc(-c3ccccc3)c3c(C)c(-c4ccccc4)sc3c2)c1. The molecule has 0 amide bonds. The number of rotatable bonds is 4. The molecule has 3 aromatic carbocycles. The largest absolute Gasteiger partial charge is 0.256 e. The van der Waals surface area contributed by atoms with Crippen LogP contribution in [0.1, 0.15) is 32.2 Å². The van der Waals surface area contributed by atoms with Crippen LogP contribution < -0.4 is 0 Å². The van der Waals surface area contributed by atoms with E-state index in [4.69, 9.17) is 1.37 Å². The molecule has 0 bridgehead atoms.